The van der Waals surface area contributed by atoms with Crippen molar-refractivity contribution in [3.63, 3.8) is 0 Å². The Labute approximate surface area is 102 Å². The van der Waals surface area contributed by atoms with Crippen molar-refractivity contribution in [1.29, 1.82) is 0 Å². The molecule has 0 radical (unpaired) electrons. The Bertz CT molecular complexity index is 592. The predicted octanol–water partition coefficient (Wildman–Crippen LogP) is 0.442. The second kappa shape index (κ2) is 3.91. The summed E-state index contributed by atoms with van der Waals surface area (Å²) in [6.45, 7) is 3.81. The first-order valence-corrected chi connectivity index (χ1v) is 6.04. The molecule has 7 heteroatoms. The smallest absolute Gasteiger partial charge is 0.217 e. The summed E-state index contributed by atoms with van der Waals surface area (Å²) in [7, 11) is 0. The van der Waals surface area contributed by atoms with Gasteiger partial charge in [0, 0.05) is 13.1 Å². The number of hydrogen-bond acceptors (Lipinski definition) is 6. The Hall–Kier alpha value is -1.78. The van der Waals surface area contributed by atoms with Gasteiger partial charge < -0.3 is 9.88 Å². The van der Waals surface area contributed by atoms with Gasteiger partial charge in [0.25, 0.3) is 0 Å². The Morgan fingerprint density at radius 2 is 2.41 bits per heavy atom. The maximum absolute atomic E-state index is 5.26. The molecule has 0 bridgehead atoms. The first kappa shape index (κ1) is 10.4. The number of aromatic nitrogens is 5. The van der Waals surface area contributed by atoms with Crippen LogP contribution in [0.5, 0.6) is 0 Å². The van der Waals surface area contributed by atoms with Crippen molar-refractivity contribution in [3.8, 4) is 23.2 Å². The zero-order valence-electron chi connectivity index (χ0n) is 9.21. The van der Waals surface area contributed by atoms with E-state index in [1.807, 2.05) is 0 Å². The Morgan fingerprint density at radius 3 is 3.18 bits per heavy atom. The summed E-state index contributed by atoms with van der Waals surface area (Å²) in [6, 6.07) is 0.213. The summed E-state index contributed by atoms with van der Waals surface area (Å²) < 4.78 is 6.13. The van der Waals surface area contributed by atoms with E-state index in [4.69, 9.17) is 6.42 Å². The van der Waals surface area contributed by atoms with Gasteiger partial charge in [-0.15, -0.1) is 16.6 Å². The highest BCUT2D eigenvalue weighted by molar-refractivity contribution is 7.09. The monoisotopic (exact) mass is 246 g/mol. The van der Waals surface area contributed by atoms with E-state index in [9.17, 15) is 0 Å². The van der Waals surface area contributed by atoms with E-state index in [0.717, 1.165) is 29.7 Å². The molecule has 17 heavy (non-hydrogen) atoms. The first-order valence-electron chi connectivity index (χ1n) is 5.27. The van der Waals surface area contributed by atoms with Crippen molar-refractivity contribution < 1.29 is 0 Å². The highest BCUT2D eigenvalue weighted by Crippen LogP contribution is 2.24. The molecule has 6 nitrogen and oxygen atoms in total. The van der Waals surface area contributed by atoms with E-state index in [2.05, 4.69) is 42.3 Å². The van der Waals surface area contributed by atoms with Crippen LogP contribution in [0.15, 0.2) is 0 Å². The molecule has 3 rings (SSSR count). The number of fused-ring (bicyclic) bond motifs is 1. The van der Waals surface area contributed by atoms with E-state index in [0.29, 0.717) is 5.82 Å². The van der Waals surface area contributed by atoms with Crippen LogP contribution in [0.25, 0.3) is 10.8 Å². The zero-order valence-corrected chi connectivity index (χ0v) is 10.0. The molecule has 2 aromatic rings. The largest absolute Gasteiger partial charge is 0.306 e. The van der Waals surface area contributed by atoms with Crippen LogP contribution in [-0.4, -0.2) is 30.7 Å². The Balaban J connectivity index is 2.07. The number of terminal acetylenes is 1. The summed E-state index contributed by atoms with van der Waals surface area (Å²) in [5, 5.41) is 12.4. The van der Waals surface area contributed by atoms with Gasteiger partial charge in [-0.1, -0.05) is 0 Å². The molecular formula is C10H10N6S. The van der Waals surface area contributed by atoms with Crippen molar-refractivity contribution in [1.82, 2.24) is 29.4 Å². The molecule has 0 saturated carbocycles. The van der Waals surface area contributed by atoms with Crippen molar-refractivity contribution in [2.45, 2.75) is 19.5 Å². The molecule has 1 aliphatic heterocycles. The Morgan fingerprint density at radius 1 is 1.53 bits per heavy atom. The number of rotatable bonds is 1. The molecule has 86 valence electrons. The SMILES string of the molecule is C#Cc1nsc(-c2nnc3n2CCNC3C)n1. The highest BCUT2D eigenvalue weighted by Gasteiger charge is 2.23. The van der Waals surface area contributed by atoms with Crippen molar-refractivity contribution in [2.24, 2.45) is 0 Å². The fourth-order valence-electron chi connectivity index (χ4n) is 1.87. The molecule has 0 spiro atoms. The molecule has 0 saturated heterocycles. The van der Waals surface area contributed by atoms with Crippen molar-refractivity contribution in [2.75, 3.05) is 6.54 Å². The topological polar surface area (TPSA) is 68.5 Å². The second-order valence-corrected chi connectivity index (χ2v) is 4.53. The van der Waals surface area contributed by atoms with E-state index >= 15 is 0 Å². The quantitative estimate of drug-likeness (QED) is 0.740. The lowest BCUT2D eigenvalue weighted by Gasteiger charge is -2.21. The Kier molecular flexibility index (Phi) is 2.39. The highest BCUT2D eigenvalue weighted by atomic mass is 32.1. The minimum atomic E-state index is 0.213. The summed E-state index contributed by atoms with van der Waals surface area (Å²) >= 11 is 1.26. The van der Waals surface area contributed by atoms with E-state index in [1.54, 1.807) is 0 Å². The molecule has 0 fully saturated rings. The fourth-order valence-corrected chi connectivity index (χ4v) is 2.50. The van der Waals surface area contributed by atoms with Gasteiger partial charge in [-0.3, -0.25) is 0 Å². The van der Waals surface area contributed by atoms with E-state index in [-0.39, 0.29) is 6.04 Å². The molecule has 0 aliphatic carbocycles. The number of hydrogen-bond donors (Lipinski definition) is 1. The first-order chi connectivity index (χ1) is 8.29. The lowest BCUT2D eigenvalue weighted by molar-refractivity contribution is 0.439. The van der Waals surface area contributed by atoms with Gasteiger partial charge in [-0.05, 0) is 24.4 Å². The lowest BCUT2D eigenvalue weighted by atomic mass is 10.2. The van der Waals surface area contributed by atoms with Crippen LogP contribution in [0.1, 0.15) is 24.6 Å². The van der Waals surface area contributed by atoms with Crippen LogP contribution in [0.2, 0.25) is 0 Å². The number of nitrogens with zero attached hydrogens (tertiary/aromatic N) is 5. The van der Waals surface area contributed by atoms with Crippen molar-refractivity contribution in [3.05, 3.63) is 11.6 Å². The van der Waals surface area contributed by atoms with Gasteiger partial charge in [0.2, 0.25) is 5.82 Å². The van der Waals surface area contributed by atoms with Crippen LogP contribution in [0.4, 0.5) is 0 Å². The average molecular weight is 246 g/mol. The molecule has 1 N–H and O–H groups in total. The standard InChI is InChI=1S/C10H10N6S/c1-3-7-12-10(17-15-7)9-14-13-8-6(2)11-4-5-16(8)9/h1,6,11H,4-5H2,2H3. The molecule has 2 aromatic heterocycles. The normalized spacial score (nSPS) is 18.7. The van der Waals surface area contributed by atoms with Crippen LogP contribution >= 0.6 is 11.5 Å². The zero-order chi connectivity index (χ0) is 11.8. The molecule has 1 unspecified atom stereocenters. The third-order valence-corrected chi connectivity index (χ3v) is 3.41. The molecule has 0 aromatic carbocycles. The molecule has 3 heterocycles. The molecule has 1 atom stereocenters. The summed E-state index contributed by atoms with van der Waals surface area (Å²) in [5.74, 6) is 4.51. The van der Waals surface area contributed by atoms with Crippen LogP contribution in [0, 0.1) is 12.3 Å². The minimum Gasteiger partial charge on any atom is -0.306 e. The fraction of sp³-hybridized carbons (Fsp3) is 0.400. The molecular weight excluding hydrogens is 236 g/mol. The van der Waals surface area contributed by atoms with Crippen LogP contribution in [0.3, 0.4) is 0 Å². The van der Waals surface area contributed by atoms with Gasteiger partial charge in [-0.2, -0.15) is 4.37 Å². The number of nitrogens with one attached hydrogen (secondary N) is 1. The third-order valence-electron chi connectivity index (χ3n) is 2.70. The molecule has 1 aliphatic rings. The van der Waals surface area contributed by atoms with Crippen molar-refractivity contribution >= 4 is 11.5 Å². The third kappa shape index (κ3) is 1.62. The summed E-state index contributed by atoms with van der Waals surface area (Å²) in [6.07, 6.45) is 5.26. The predicted molar refractivity (Wildman–Crippen MR) is 63.3 cm³/mol. The minimum absolute atomic E-state index is 0.213. The summed E-state index contributed by atoms with van der Waals surface area (Å²) in [4.78, 5) is 4.23. The van der Waals surface area contributed by atoms with E-state index in [1.165, 1.54) is 11.5 Å². The second-order valence-electron chi connectivity index (χ2n) is 3.78. The maximum Gasteiger partial charge on any atom is 0.217 e. The van der Waals surface area contributed by atoms with Gasteiger partial charge in [0.15, 0.2) is 10.8 Å². The van der Waals surface area contributed by atoms with E-state index < -0.39 is 0 Å². The van der Waals surface area contributed by atoms with Gasteiger partial charge in [-0.25, -0.2) is 4.98 Å². The summed E-state index contributed by atoms with van der Waals surface area (Å²) in [5.41, 5.74) is 0. The van der Waals surface area contributed by atoms with Gasteiger partial charge >= 0.3 is 0 Å². The van der Waals surface area contributed by atoms with Crippen LogP contribution < -0.4 is 5.32 Å². The average Bonchev–Trinajstić information content (AvgIpc) is 2.94. The van der Waals surface area contributed by atoms with Gasteiger partial charge in [0.1, 0.15) is 5.82 Å². The lowest BCUT2D eigenvalue weighted by Crippen LogP contribution is -2.32. The maximum atomic E-state index is 5.26. The molecule has 0 amide bonds. The van der Waals surface area contributed by atoms with Crippen LogP contribution in [-0.2, 0) is 6.54 Å². The van der Waals surface area contributed by atoms with Gasteiger partial charge in [0.05, 0.1) is 6.04 Å².